The number of hydrogen-bond acceptors (Lipinski definition) is 6. The van der Waals surface area contributed by atoms with Crippen molar-refractivity contribution in [2.75, 3.05) is 18.0 Å². The van der Waals surface area contributed by atoms with Gasteiger partial charge in [-0.15, -0.1) is 0 Å². The number of carbonyl (C=O) groups is 1. The van der Waals surface area contributed by atoms with Crippen molar-refractivity contribution in [1.29, 1.82) is 5.26 Å². The number of nitrogens with zero attached hydrogens (tertiary/aromatic N) is 5. The topological polar surface area (TPSA) is 107 Å². The lowest BCUT2D eigenvalue weighted by Gasteiger charge is -2.29. The maximum atomic E-state index is 14.8. The second-order valence-electron chi connectivity index (χ2n) is 8.96. The van der Waals surface area contributed by atoms with Crippen LogP contribution in [0.3, 0.4) is 0 Å². The number of pyridine rings is 1. The van der Waals surface area contributed by atoms with Crippen LogP contribution >= 0.6 is 0 Å². The number of rotatable bonds is 3. The van der Waals surface area contributed by atoms with Crippen molar-refractivity contribution in [3.63, 3.8) is 0 Å². The molecule has 1 amide bonds. The van der Waals surface area contributed by atoms with E-state index in [1.807, 2.05) is 32.7 Å². The first-order valence-corrected chi connectivity index (χ1v) is 10.8. The molecule has 11 heteroatoms. The van der Waals surface area contributed by atoms with Crippen LogP contribution in [0.5, 0.6) is 0 Å². The van der Waals surface area contributed by atoms with Crippen molar-refractivity contribution < 1.29 is 14.3 Å². The van der Waals surface area contributed by atoms with Crippen LogP contribution in [-0.4, -0.2) is 60.7 Å². The molecule has 1 aromatic carbocycles. The highest BCUT2D eigenvalue weighted by Gasteiger charge is 2.39. The van der Waals surface area contributed by atoms with E-state index >= 15 is 0 Å². The highest BCUT2D eigenvalue weighted by molar-refractivity contribution is 6.42. The molecule has 2 aromatic heterocycles. The second kappa shape index (κ2) is 7.74. The van der Waals surface area contributed by atoms with E-state index in [9.17, 15) is 19.6 Å². The molecule has 1 atom stereocenters. The Morgan fingerprint density at radius 1 is 1.30 bits per heavy atom. The van der Waals surface area contributed by atoms with Crippen LogP contribution in [0.25, 0.3) is 16.9 Å². The summed E-state index contributed by atoms with van der Waals surface area (Å²) >= 11 is 0. The van der Waals surface area contributed by atoms with Crippen LogP contribution in [0.15, 0.2) is 36.5 Å². The molecule has 0 bridgehead atoms. The summed E-state index contributed by atoms with van der Waals surface area (Å²) in [5.41, 5.74) is 1.80. The molecule has 33 heavy (non-hydrogen) atoms. The number of benzene rings is 1. The van der Waals surface area contributed by atoms with Crippen molar-refractivity contribution in [2.45, 2.75) is 24.3 Å². The minimum Gasteiger partial charge on any atom is -0.391 e. The fraction of sp³-hybridized carbons (Fsp3) is 0.273. The first kappa shape index (κ1) is 21.2. The van der Waals surface area contributed by atoms with Crippen molar-refractivity contribution in [3.8, 4) is 23.0 Å². The molecule has 0 spiro atoms. The van der Waals surface area contributed by atoms with Crippen LogP contribution in [0.1, 0.15) is 34.5 Å². The summed E-state index contributed by atoms with van der Waals surface area (Å²) in [5, 5.41) is 26.4. The Morgan fingerprint density at radius 2 is 2.12 bits per heavy atom. The summed E-state index contributed by atoms with van der Waals surface area (Å²) in [6.07, 6.45) is 2.96. The van der Waals surface area contributed by atoms with Gasteiger partial charge in [0.05, 0.1) is 45.9 Å². The molecule has 0 radical (unpaired) electrons. The molecule has 1 fully saturated rings. The van der Waals surface area contributed by atoms with Gasteiger partial charge in [0.1, 0.15) is 21.5 Å². The number of fused-ring (bicyclic) bond motifs is 1. The van der Waals surface area contributed by atoms with Gasteiger partial charge in [0, 0.05) is 30.7 Å². The lowest BCUT2D eigenvalue weighted by atomic mass is 9.60. The molecule has 2 aliphatic heterocycles. The summed E-state index contributed by atoms with van der Waals surface area (Å²) in [5.74, 6) is -0.170. The molecule has 1 unspecified atom stereocenters. The number of aromatic nitrogens is 3. The zero-order chi connectivity index (χ0) is 23.3. The van der Waals surface area contributed by atoms with E-state index in [-0.39, 0.29) is 22.7 Å². The molecule has 0 aliphatic carbocycles. The van der Waals surface area contributed by atoms with Crippen LogP contribution in [0.2, 0.25) is 0 Å². The molecule has 3 aromatic rings. The quantitative estimate of drug-likeness (QED) is 0.555. The number of aliphatic hydroxyl groups is 1. The molecule has 0 saturated carbocycles. The van der Waals surface area contributed by atoms with Crippen LogP contribution in [0.4, 0.5) is 10.2 Å². The molecule has 8 nitrogen and oxygen atoms in total. The third-order valence-corrected chi connectivity index (χ3v) is 6.18. The minimum absolute atomic E-state index is 0.0886. The predicted octanol–water partition coefficient (Wildman–Crippen LogP) is 0.0261. The normalized spacial score (nSPS) is 19.1. The summed E-state index contributed by atoms with van der Waals surface area (Å²) < 4.78 is 16.4. The summed E-state index contributed by atoms with van der Waals surface area (Å²) in [6.45, 7) is 1.27. The smallest absolute Gasteiger partial charge is 0.254 e. The fourth-order valence-electron chi connectivity index (χ4n) is 4.58. The average molecular weight is 442 g/mol. The Balaban J connectivity index is 1.69. The fourth-order valence-corrected chi connectivity index (χ4v) is 4.58. The second-order valence-corrected chi connectivity index (χ2v) is 8.96. The molecular weight excluding hydrogens is 421 g/mol. The number of amides is 1. The van der Waals surface area contributed by atoms with Gasteiger partial charge in [-0.05, 0) is 31.0 Å². The largest absolute Gasteiger partial charge is 0.391 e. The Kier molecular flexibility index (Phi) is 4.98. The Hall–Kier alpha value is -3.64. The predicted molar refractivity (Wildman–Crippen MR) is 125 cm³/mol. The van der Waals surface area contributed by atoms with Gasteiger partial charge in [0.2, 0.25) is 0 Å². The zero-order valence-electron chi connectivity index (χ0n) is 18.3. The summed E-state index contributed by atoms with van der Waals surface area (Å²) in [4.78, 5) is 19.5. The Bertz CT molecular complexity index is 1320. The monoisotopic (exact) mass is 442 g/mol. The number of carbonyl (C=O) groups excluding carboxylic acids is 1. The van der Waals surface area contributed by atoms with Gasteiger partial charge >= 0.3 is 0 Å². The number of hydrogen-bond donors (Lipinski definition) is 2. The average Bonchev–Trinajstić information content (AvgIpc) is 3.36. The van der Waals surface area contributed by atoms with E-state index in [4.69, 9.17) is 0 Å². The van der Waals surface area contributed by atoms with Crippen molar-refractivity contribution >= 4 is 27.4 Å². The van der Waals surface area contributed by atoms with Crippen molar-refractivity contribution in [2.24, 2.45) is 0 Å². The van der Waals surface area contributed by atoms with E-state index in [2.05, 4.69) is 15.4 Å². The van der Waals surface area contributed by atoms with Crippen LogP contribution < -0.4 is 10.2 Å². The van der Waals surface area contributed by atoms with Crippen molar-refractivity contribution in [3.05, 3.63) is 59.2 Å². The van der Waals surface area contributed by atoms with Gasteiger partial charge < -0.3 is 15.3 Å². The SMILES string of the molecule is BC1(B)NC(=O)c2c(-n3ccc(N4CCCC(O)C4)n3)cc(-c3c(F)cccc3C#N)nc21. The number of halogens is 1. The molecule has 2 aliphatic rings. The van der Waals surface area contributed by atoms with E-state index in [1.165, 1.54) is 18.2 Å². The maximum absolute atomic E-state index is 14.8. The van der Waals surface area contributed by atoms with Crippen LogP contribution in [-0.2, 0) is 5.34 Å². The third-order valence-electron chi connectivity index (χ3n) is 6.18. The van der Waals surface area contributed by atoms with E-state index in [0.29, 0.717) is 29.3 Å². The zero-order valence-corrected chi connectivity index (χ0v) is 18.3. The Labute approximate surface area is 191 Å². The minimum atomic E-state index is -0.776. The van der Waals surface area contributed by atoms with Gasteiger partial charge in [-0.3, -0.25) is 9.78 Å². The molecule has 2 N–H and O–H groups in total. The molecule has 5 rings (SSSR count). The number of β-amino-alcohol motifs (C(OH)–C–C–N with tert-alkyl or cyclic N) is 1. The third kappa shape index (κ3) is 3.56. The number of nitriles is 1. The number of nitrogens with one attached hydrogen (secondary N) is 1. The van der Waals surface area contributed by atoms with Crippen molar-refractivity contribution in [1.82, 2.24) is 20.1 Å². The highest BCUT2D eigenvalue weighted by atomic mass is 19.1. The van der Waals surface area contributed by atoms with Gasteiger partial charge in [-0.1, -0.05) is 6.07 Å². The number of anilines is 1. The molecular formula is C22H21B2FN6O2. The van der Waals surface area contributed by atoms with Gasteiger partial charge in [-0.2, -0.15) is 10.4 Å². The molecule has 1 saturated heterocycles. The Morgan fingerprint density at radius 3 is 2.88 bits per heavy atom. The first-order chi connectivity index (χ1) is 15.8. The van der Waals surface area contributed by atoms with Gasteiger partial charge in [-0.25, -0.2) is 9.07 Å². The van der Waals surface area contributed by atoms with E-state index in [1.54, 1.807) is 16.9 Å². The van der Waals surface area contributed by atoms with E-state index in [0.717, 1.165) is 19.4 Å². The van der Waals surface area contributed by atoms with Crippen LogP contribution in [0, 0.1) is 17.1 Å². The summed E-state index contributed by atoms with van der Waals surface area (Å²) in [6, 6.07) is 9.75. The van der Waals surface area contributed by atoms with E-state index < -0.39 is 17.3 Å². The standard InChI is InChI=1S/C22H21B2FN6O2/c23-22(24)20-19(21(33)28-22)16(9-15(27-20)18-12(10-26)3-1-5-14(18)25)31-8-6-17(29-31)30-7-2-4-13(32)11-30/h1,3,5-6,8-9,13,32H,2,4,7,11,23-24H2,(H,28,33). The lowest BCUT2D eigenvalue weighted by molar-refractivity contribution is 0.0960. The maximum Gasteiger partial charge on any atom is 0.254 e. The lowest BCUT2D eigenvalue weighted by Crippen LogP contribution is -2.40. The first-order valence-electron chi connectivity index (χ1n) is 10.8. The molecule has 164 valence electrons. The highest BCUT2D eigenvalue weighted by Crippen LogP contribution is 2.35. The number of piperidine rings is 1. The summed E-state index contributed by atoms with van der Waals surface area (Å²) in [7, 11) is 3.65. The number of aliphatic hydroxyl groups excluding tert-OH is 1. The molecule has 4 heterocycles. The van der Waals surface area contributed by atoms with Gasteiger partial charge in [0.15, 0.2) is 5.82 Å². The van der Waals surface area contributed by atoms with Gasteiger partial charge in [0.25, 0.3) is 5.91 Å².